The van der Waals surface area contributed by atoms with Crippen LogP contribution >= 0.6 is 0 Å². The van der Waals surface area contributed by atoms with Gasteiger partial charge in [0.25, 0.3) is 0 Å². The third-order valence-electron chi connectivity index (χ3n) is 3.63. The van der Waals surface area contributed by atoms with Gasteiger partial charge in [0.1, 0.15) is 0 Å². The van der Waals surface area contributed by atoms with Gasteiger partial charge in [-0.25, -0.2) is 4.98 Å². The SMILES string of the molecule is C=Cc1cnc(F)c(B2OC(C)(C)C(C)(C)O2)c1. The first kappa shape index (κ1) is 13.2. The Morgan fingerprint density at radius 3 is 2.33 bits per heavy atom. The zero-order valence-corrected chi connectivity index (χ0v) is 11.2. The van der Waals surface area contributed by atoms with Gasteiger partial charge in [-0.1, -0.05) is 12.7 Å². The van der Waals surface area contributed by atoms with Crippen LogP contribution in [0.4, 0.5) is 4.39 Å². The number of nitrogens with zero attached hydrogens (tertiary/aromatic N) is 1. The first-order valence-electron chi connectivity index (χ1n) is 5.90. The average molecular weight is 249 g/mol. The Kier molecular flexibility index (Phi) is 3.07. The largest absolute Gasteiger partial charge is 0.499 e. The molecule has 1 fully saturated rings. The van der Waals surface area contributed by atoms with Gasteiger partial charge >= 0.3 is 7.12 Å². The molecule has 3 nitrogen and oxygen atoms in total. The van der Waals surface area contributed by atoms with Gasteiger partial charge in [-0.15, -0.1) is 0 Å². The van der Waals surface area contributed by atoms with Gasteiger partial charge in [0.15, 0.2) is 0 Å². The molecule has 0 N–H and O–H groups in total. The van der Waals surface area contributed by atoms with Gasteiger partial charge in [-0.2, -0.15) is 4.39 Å². The third kappa shape index (κ3) is 2.08. The number of rotatable bonds is 2. The molecular formula is C13H17BFNO2. The van der Waals surface area contributed by atoms with Crippen LogP contribution in [-0.2, 0) is 9.31 Å². The Morgan fingerprint density at radius 2 is 1.83 bits per heavy atom. The quantitative estimate of drug-likeness (QED) is 0.594. The molecule has 0 spiro atoms. The van der Waals surface area contributed by atoms with Crippen molar-refractivity contribution in [2.24, 2.45) is 0 Å². The van der Waals surface area contributed by atoms with Gasteiger partial charge in [-0.05, 0) is 39.3 Å². The molecule has 0 amide bonds. The third-order valence-corrected chi connectivity index (χ3v) is 3.63. The standard InChI is InChI=1S/C13H17BFNO2/c1-6-9-7-10(11(15)16-8-9)14-17-12(2,3)13(4,5)18-14/h6-8H,1H2,2-5H3. The smallest absolute Gasteiger partial charge is 0.399 e. The molecule has 1 aliphatic rings. The molecule has 1 aromatic heterocycles. The Hall–Kier alpha value is -1.20. The molecule has 96 valence electrons. The van der Waals surface area contributed by atoms with Crippen molar-refractivity contribution in [3.8, 4) is 0 Å². The molecule has 2 heterocycles. The van der Waals surface area contributed by atoms with Crippen molar-refractivity contribution in [2.45, 2.75) is 38.9 Å². The Bertz CT molecular complexity index is 472. The molecule has 0 radical (unpaired) electrons. The van der Waals surface area contributed by atoms with E-state index in [1.54, 1.807) is 12.1 Å². The van der Waals surface area contributed by atoms with E-state index in [-0.39, 0.29) is 0 Å². The predicted octanol–water partition coefficient (Wildman–Crippen LogP) is 2.16. The molecular weight excluding hydrogens is 232 g/mol. The van der Waals surface area contributed by atoms with Crippen molar-refractivity contribution >= 4 is 18.7 Å². The van der Waals surface area contributed by atoms with Crippen molar-refractivity contribution in [1.82, 2.24) is 4.98 Å². The molecule has 0 bridgehead atoms. The summed E-state index contributed by atoms with van der Waals surface area (Å²) in [6, 6.07) is 1.65. The molecule has 2 rings (SSSR count). The highest BCUT2D eigenvalue weighted by molar-refractivity contribution is 6.62. The van der Waals surface area contributed by atoms with Crippen LogP contribution in [0.2, 0.25) is 0 Å². The van der Waals surface area contributed by atoms with Crippen LogP contribution in [0.5, 0.6) is 0 Å². The highest BCUT2D eigenvalue weighted by atomic mass is 19.1. The molecule has 1 aromatic rings. The molecule has 0 aliphatic carbocycles. The second-order valence-electron chi connectivity index (χ2n) is 5.44. The van der Waals surface area contributed by atoms with Crippen LogP contribution in [0.3, 0.4) is 0 Å². The first-order chi connectivity index (χ1) is 8.27. The average Bonchev–Trinajstić information content (AvgIpc) is 2.48. The fourth-order valence-electron chi connectivity index (χ4n) is 1.73. The van der Waals surface area contributed by atoms with Crippen LogP contribution < -0.4 is 5.46 Å². The van der Waals surface area contributed by atoms with Crippen LogP contribution in [0, 0.1) is 5.95 Å². The molecule has 1 aliphatic heterocycles. The lowest BCUT2D eigenvalue weighted by atomic mass is 9.79. The van der Waals surface area contributed by atoms with Gasteiger partial charge in [0.2, 0.25) is 5.95 Å². The van der Waals surface area contributed by atoms with Crippen LogP contribution in [0.15, 0.2) is 18.8 Å². The van der Waals surface area contributed by atoms with Gasteiger partial charge in [-0.3, -0.25) is 0 Å². The van der Waals surface area contributed by atoms with Crippen LogP contribution in [0.25, 0.3) is 6.08 Å². The molecule has 5 heteroatoms. The molecule has 0 atom stereocenters. The second kappa shape index (κ2) is 4.18. The van der Waals surface area contributed by atoms with E-state index in [1.807, 2.05) is 27.7 Å². The summed E-state index contributed by atoms with van der Waals surface area (Å²) in [5.74, 6) is -0.570. The Morgan fingerprint density at radius 1 is 1.28 bits per heavy atom. The lowest BCUT2D eigenvalue weighted by Crippen LogP contribution is -2.41. The Balaban J connectivity index is 2.37. The van der Waals surface area contributed by atoms with Crippen molar-refractivity contribution in [3.05, 3.63) is 30.4 Å². The zero-order valence-electron chi connectivity index (χ0n) is 11.2. The number of halogens is 1. The van der Waals surface area contributed by atoms with Crippen LogP contribution in [0.1, 0.15) is 33.3 Å². The Labute approximate surface area is 107 Å². The minimum absolute atomic E-state index is 0.311. The summed E-state index contributed by atoms with van der Waals surface area (Å²) in [5.41, 5.74) is 0.0647. The fraction of sp³-hybridized carbons (Fsp3) is 0.462. The topological polar surface area (TPSA) is 31.4 Å². The predicted molar refractivity (Wildman–Crippen MR) is 70.0 cm³/mol. The maximum absolute atomic E-state index is 13.8. The summed E-state index contributed by atoms with van der Waals surface area (Å²) >= 11 is 0. The molecule has 18 heavy (non-hydrogen) atoms. The van der Waals surface area contributed by atoms with E-state index < -0.39 is 24.3 Å². The maximum atomic E-state index is 13.8. The van der Waals surface area contributed by atoms with E-state index in [4.69, 9.17) is 9.31 Å². The van der Waals surface area contributed by atoms with Crippen molar-refractivity contribution in [2.75, 3.05) is 0 Å². The summed E-state index contributed by atoms with van der Waals surface area (Å²) in [6.45, 7) is 11.3. The van der Waals surface area contributed by atoms with E-state index in [9.17, 15) is 4.39 Å². The van der Waals surface area contributed by atoms with E-state index in [2.05, 4.69) is 11.6 Å². The lowest BCUT2D eigenvalue weighted by molar-refractivity contribution is 0.00578. The van der Waals surface area contributed by atoms with E-state index >= 15 is 0 Å². The van der Waals surface area contributed by atoms with E-state index in [1.165, 1.54) is 6.20 Å². The van der Waals surface area contributed by atoms with Crippen molar-refractivity contribution < 1.29 is 13.7 Å². The summed E-state index contributed by atoms with van der Waals surface area (Å²) in [7, 11) is -0.734. The van der Waals surface area contributed by atoms with Crippen molar-refractivity contribution in [1.29, 1.82) is 0 Å². The summed E-state index contributed by atoms with van der Waals surface area (Å²) < 4.78 is 25.3. The highest BCUT2D eigenvalue weighted by Crippen LogP contribution is 2.36. The van der Waals surface area contributed by atoms with Gasteiger partial charge in [0, 0.05) is 11.7 Å². The molecule has 0 unspecified atom stereocenters. The maximum Gasteiger partial charge on any atom is 0.499 e. The number of hydrogen-bond donors (Lipinski definition) is 0. The number of aromatic nitrogens is 1. The summed E-state index contributed by atoms with van der Waals surface area (Å²) in [5, 5.41) is 0. The second-order valence-corrected chi connectivity index (χ2v) is 5.44. The highest BCUT2D eigenvalue weighted by Gasteiger charge is 2.52. The minimum atomic E-state index is -0.734. The molecule has 1 saturated heterocycles. The van der Waals surface area contributed by atoms with Crippen molar-refractivity contribution in [3.63, 3.8) is 0 Å². The molecule has 0 aromatic carbocycles. The number of hydrogen-bond acceptors (Lipinski definition) is 3. The summed E-state index contributed by atoms with van der Waals surface area (Å²) in [6.07, 6.45) is 3.04. The van der Waals surface area contributed by atoms with Gasteiger partial charge in [0.05, 0.1) is 11.2 Å². The number of pyridine rings is 1. The lowest BCUT2D eigenvalue weighted by Gasteiger charge is -2.32. The molecule has 0 saturated carbocycles. The van der Waals surface area contributed by atoms with Gasteiger partial charge < -0.3 is 9.31 Å². The summed E-state index contributed by atoms with van der Waals surface area (Å²) in [4.78, 5) is 3.69. The first-order valence-corrected chi connectivity index (χ1v) is 5.90. The zero-order chi connectivity index (χ0) is 13.6. The van der Waals surface area contributed by atoms with E-state index in [0.29, 0.717) is 5.46 Å². The van der Waals surface area contributed by atoms with E-state index in [0.717, 1.165) is 5.56 Å². The normalized spacial score (nSPS) is 21.1. The monoisotopic (exact) mass is 249 g/mol. The van der Waals surface area contributed by atoms with Crippen LogP contribution in [-0.4, -0.2) is 23.3 Å². The fourth-order valence-corrected chi connectivity index (χ4v) is 1.73. The minimum Gasteiger partial charge on any atom is -0.399 e.